The number of fused-ring (bicyclic) bond motifs is 1. The maximum Gasteiger partial charge on any atom is 0.253 e. The van der Waals surface area contributed by atoms with E-state index in [4.69, 9.17) is 15.7 Å². The Labute approximate surface area is 198 Å². The van der Waals surface area contributed by atoms with Gasteiger partial charge in [0.1, 0.15) is 5.69 Å². The summed E-state index contributed by atoms with van der Waals surface area (Å²) in [6.45, 7) is 3.59. The normalized spacial score (nSPS) is 14.8. The van der Waals surface area contributed by atoms with Crippen LogP contribution in [0, 0.1) is 6.92 Å². The monoisotopic (exact) mass is 455 g/mol. The summed E-state index contributed by atoms with van der Waals surface area (Å²) in [6.07, 6.45) is 3.65. The number of hydrogen-bond acceptors (Lipinski definition) is 6. The molecule has 2 aromatic heterocycles. The third-order valence-electron chi connectivity index (χ3n) is 6.65. The number of amides is 1. The van der Waals surface area contributed by atoms with E-state index >= 15 is 0 Å². The van der Waals surface area contributed by atoms with Crippen molar-refractivity contribution in [1.82, 2.24) is 29.7 Å². The number of aryl methyl sites for hydroxylation is 1. The zero-order valence-corrected chi connectivity index (χ0v) is 19.7. The van der Waals surface area contributed by atoms with Gasteiger partial charge in [-0.25, -0.2) is 15.0 Å². The minimum Gasteiger partial charge on any atom is -0.382 e. The van der Waals surface area contributed by atoms with Crippen molar-refractivity contribution < 1.29 is 4.79 Å². The zero-order valence-electron chi connectivity index (χ0n) is 19.7. The summed E-state index contributed by atoms with van der Waals surface area (Å²) in [5.41, 5.74) is 11.8. The van der Waals surface area contributed by atoms with Gasteiger partial charge in [0.05, 0.1) is 22.9 Å². The van der Waals surface area contributed by atoms with E-state index in [0.717, 1.165) is 48.1 Å². The van der Waals surface area contributed by atoms with Crippen molar-refractivity contribution in [2.24, 2.45) is 0 Å². The van der Waals surface area contributed by atoms with Crippen LogP contribution >= 0.6 is 0 Å². The average molecular weight is 456 g/mol. The Bertz CT molecular complexity index is 1340. The standard InChI is InChI=1S/C26H29N7O/c1-16-5-4-6-20-22(16)31-25(30-20)23-24(27)28-15-21(29-23)17-7-9-18(10-8-17)26(34)33-13-11-19(12-14-33)32(2)3/h4-10,15,19H,11-14H2,1-3H3,(H2,27,28)(H,30,31). The zero-order chi connectivity index (χ0) is 23.8. The second-order valence-electron chi connectivity index (χ2n) is 9.11. The van der Waals surface area contributed by atoms with Crippen molar-refractivity contribution in [3.63, 3.8) is 0 Å². The van der Waals surface area contributed by atoms with Crippen LogP contribution in [0.4, 0.5) is 5.82 Å². The van der Waals surface area contributed by atoms with E-state index in [2.05, 4.69) is 29.0 Å². The number of piperidine rings is 1. The Balaban J connectivity index is 1.37. The molecule has 5 rings (SSSR count). The highest BCUT2D eigenvalue weighted by molar-refractivity contribution is 5.94. The second-order valence-corrected chi connectivity index (χ2v) is 9.11. The molecule has 8 nitrogen and oxygen atoms in total. The van der Waals surface area contributed by atoms with E-state index in [1.165, 1.54) is 0 Å². The van der Waals surface area contributed by atoms with Crippen molar-refractivity contribution in [3.05, 3.63) is 59.8 Å². The predicted octanol–water partition coefficient (Wildman–Crippen LogP) is 3.74. The van der Waals surface area contributed by atoms with E-state index < -0.39 is 0 Å². The van der Waals surface area contributed by atoms with Crippen molar-refractivity contribution in [1.29, 1.82) is 0 Å². The van der Waals surface area contributed by atoms with Gasteiger partial charge in [0.2, 0.25) is 0 Å². The molecule has 3 heterocycles. The van der Waals surface area contributed by atoms with Crippen molar-refractivity contribution in [2.45, 2.75) is 25.8 Å². The Morgan fingerprint density at radius 3 is 2.50 bits per heavy atom. The first-order chi connectivity index (χ1) is 16.4. The van der Waals surface area contributed by atoms with Gasteiger partial charge >= 0.3 is 0 Å². The van der Waals surface area contributed by atoms with E-state index in [1.54, 1.807) is 6.20 Å². The summed E-state index contributed by atoms with van der Waals surface area (Å²) in [5.74, 6) is 0.975. The molecule has 0 radical (unpaired) electrons. The smallest absolute Gasteiger partial charge is 0.253 e. The van der Waals surface area contributed by atoms with Crippen LogP contribution in [-0.4, -0.2) is 68.9 Å². The number of para-hydroxylation sites is 1. The number of likely N-dealkylation sites (tertiary alicyclic amines) is 1. The third-order valence-corrected chi connectivity index (χ3v) is 6.65. The second kappa shape index (κ2) is 8.87. The molecule has 1 aliphatic heterocycles. The minimum absolute atomic E-state index is 0.0745. The number of imidazole rings is 1. The Kier molecular flexibility index (Phi) is 5.75. The predicted molar refractivity (Wildman–Crippen MR) is 134 cm³/mol. The SMILES string of the molecule is Cc1cccc2[nH]c(-c3nc(-c4ccc(C(=O)N5CCC(N(C)C)CC5)cc4)cnc3N)nc12. The quantitative estimate of drug-likeness (QED) is 0.486. The molecule has 0 aliphatic carbocycles. The van der Waals surface area contributed by atoms with Crippen LogP contribution < -0.4 is 5.73 Å². The van der Waals surface area contributed by atoms with Crippen LogP contribution in [0.3, 0.4) is 0 Å². The van der Waals surface area contributed by atoms with E-state index in [9.17, 15) is 4.79 Å². The maximum absolute atomic E-state index is 13.0. The highest BCUT2D eigenvalue weighted by Crippen LogP contribution is 2.27. The lowest BCUT2D eigenvalue weighted by atomic mass is 10.0. The van der Waals surface area contributed by atoms with Gasteiger partial charge in [-0.15, -0.1) is 0 Å². The molecule has 4 aromatic rings. The van der Waals surface area contributed by atoms with E-state index in [0.29, 0.717) is 34.6 Å². The summed E-state index contributed by atoms with van der Waals surface area (Å²) in [7, 11) is 4.20. The lowest BCUT2D eigenvalue weighted by molar-refractivity contribution is 0.0663. The van der Waals surface area contributed by atoms with Gasteiger partial charge in [0.15, 0.2) is 11.6 Å². The fourth-order valence-corrected chi connectivity index (χ4v) is 4.55. The summed E-state index contributed by atoms with van der Waals surface area (Å²) in [6, 6.07) is 14.1. The van der Waals surface area contributed by atoms with Crippen LogP contribution in [0.15, 0.2) is 48.7 Å². The third kappa shape index (κ3) is 4.12. The highest BCUT2D eigenvalue weighted by atomic mass is 16.2. The number of nitrogens with two attached hydrogens (primary N) is 1. The summed E-state index contributed by atoms with van der Waals surface area (Å²) < 4.78 is 0. The molecule has 0 atom stereocenters. The first-order valence-corrected chi connectivity index (χ1v) is 11.5. The molecule has 1 aliphatic rings. The maximum atomic E-state index is 13.0. The number of aromatic amines is 1. The van der Waals surface area contributed by atoms with Gasteiger partial charge in [0.25, 0.3) is 5.91 Å². The number of hydrogen-bond donors (Lipinski definition) is 2. The van der Waals surface area contributed by atoms with Crippen LogP contribution in [-0.2, 0) is 0 Å². The summed E-state index contributed by atoms with van der Waals surface area (Å²) in [5, 5.41) is 0. The minimum atomic E-state index is 0.0745. The summed E-state index contributed by atoms with van der Waals surface area (Å²) >= 11 is 0. The lowest BCUT2D eigenvalue weighted by Crippen LogP contribution is -2.44. The van der Waals surface area contributed by atoms with Gasteiger partial charge in [-0.05, 0) is 57.6 Å². The molecule has 34 heavy (non-hydrogen) atoms. The average Bonchev–Trinajstić information content (AvgIpc) is 3.30. The highest BCUT2D eigenvalue weighted by Gasteiger charge is 2.24. The Morgan fingerprint density at radius 1 is 1.09 bits per heavy atom. The van der Waals surface area contributed by atoms with Gasteiger partial charge in [0, 0.05) is 30.3 Å². The van der Waals surface area contributed by atoms with Crippen LogP contribution in [0.1, 0.15) is 28.8 Å². The number of carbonyl (C=O) groups excluding carboxylic acids is 1. The Morgan fingerprint density at radius 2 is 1.82 bits per heavy atom. The molecule has 0 saturated carbocycles. The summed E-state index contributed by atoms with van der Waals surface area (Å²) in [4.78, 5) is 34.2. The molecule has 1 fully saturated rings. The number of benzene rings is 2. The fourth-order valence-electron chi connectivity index (χ4n) is 4.55. The molecule has 1 amide bonds. The van der Waals surface area contributed by atoms with Crippen LogP contribution in [0.25, 0.3) is 33.8 Å². The van der Waals surface area contributed by atoms with Crippen LogP contribution in [0.5, 0.6) is 0 Å². The number of rotatable bonds is 4. The number of H-pyrrole nitrogens is 1. The molecule has 3 N–H and O–H groups in total. The molecule has 8 heteroatoms. The number of nitrogens with one attached hydrogen (secondary N) is 1. The van der Waals surface area contributed by atoms with Gasteiger partial charge < -0.3 is 20.5 Å². The Hall–Kier alpha value is -3.78. The largest absolute Gasteiger partial charge is 0.382 e. The van der Waals surface area contributed by atoms with E-state index in [-0.39, 0.29) is 5.91 Å². The van der Waals surface area contributed by atoms with Crippen molar-refractivity contribution in [3.8, 4) is 22.8 Å². The number of carbonyl (C=O) groups is 1. The number of aromatic nitrogens is 4. The van der Waals surface area contributed by atoms with Crippen molar-refractivity contribution in [2.75, 3.05) is 32.9 Å². The van der Waals surface area contributed by atoms with Gasteiger partial charge in [-0.2, -0.15) is 0 Å². The molecular weight excluding hydrogens is 426 g/mol. The van der Waals surface area contributed by atoms with Crippen molar-refractivity contribution >= 4 is 22.8 Å². The molecule has 2 aromatic carbocycles. The molecule has 174 valence electrons. The number of nitrogens with zero attached hydrogens (tertiary/aromatic N) is 5. The number of anilines is 1. The van der Waals surface area contributed by atoms with E-state index in [1.807, 2.05) is 54.3 Å². The first kappa shape index (κ1) is 22.0. The lowest BCUT2D eigenvalue weighted by Gasteiger charge is -2.35. The molecule has 0 spiro atoms. The van der Waals surface area contributed by atoms with Crippen LogP contribution in [0.2, 0.25) is 0 Å². The molecule has 1 saturated heterocycles. The van der Waals surface area contributed by atoms with Gasteiger partial charge in [-0.3, -0.25) is 4.79 Å². The first-order valence-electron chi connectivity index (χ1n) is 11.5. The molecule has 0 bridgehead atoms. The molecular formula is C26H29N7O. The van der Waals surface area contributed by atoms with Gasteiger partial charge in [-0.1, -0.05) is 24.3 Å². The fraction of sp³-hybridized carbons (Fsp3) is 0.308. The molecule has 0 unspecified atom stereocenters. The topological polar surface area (TPSA) is 104 Å². The number of nitrogen functional groups attached to an aromatic ring is 1.